The molecule has 2 heterocycles. The van der Waals surface area contributed by atoms with E-state index in [0.29, 0.717) is 102 Å². The number of nitrogens with zero attached hydrogens (tertiary/aromatic N) is 10. The predicted molar refractivity (Wildman–Crippen MR) is 310 cm³/mol. The van der Waals surface area contributed by atoms with E-state index in [1.54, 1.807) is 42.2 Å². The number of azo groups is 1. The van der Waals surface area contributed by atoms with E-state index in [2.05, 4.69) is 83.6 Å². The first kappa shape index (κ1) is 59.6. The van der Waals surface area contributed by atoms with Gasteiger partial charge in [-0.1, -0.05) is 86.3 Å². The van der Waals surface area contributed by atoms with Gasteiger partial charge >= 0.3 is 0 Å². The molecule has 0 radical (unpaired) electrons. The minimum absolute atomic E-state index is 0.0670. The second-order valence-electron chi connectivity index (χ2n) is 19.0. The van der Waals surface area contributed by atoms with Gasteiger partial charge in [-0.3, -0.25) is 24.1 Å². The zero-order chi connectivity index (χ0) is 56.3. The molecule has 1 aromatic heterocycles. The van der Waals surface area contributed by atoms with Crippen molar-refractivity contribution in [1.29, 1.82) is 0 Å². The van der Waals surface area contributed by atoms with Crippen LogP contribution in [0, 0.1) is 6.92 Å². The Morgan fingerprint density at radius 3 is 1.91 bits per heavy atom. The van der Waals surface area contributed by atoms with Gasteiger partial charge in [0.2, 0.25) is 23.5 Å². The summed E-state index contributed by atoms with van der Waals surface area (Å²) in [7, 11) is 0. The van der Waals surface area contributed by atoms with Gasteiger partial charge in [-0.05, 0) is 97.1 Å². The minimum Gasteiger partial charge on any atom is -0.377 e. The van der Waals surface area contributed by atoms with Gasteiger partial charge in [0.25, 0.3) is 5.91 Å². The van der Waals surface area contributed by atoms with Gasteiger partial charge < -0.3 is 39.5 Å². The van der Waals surface area contributed by atoms with Crippen LogP contribution in [0.1, 0.15) is 65.1 Å². The molecular weight excluding hydrogens is 1010 g/mol. The molecule has 0 saturated carbocycles. The summed E-state index contributed by atoms with van der Waals surface area (Å²) in [5.74, 6) is 0.544. The molecule has 0 spiro atoms. The number of ether oxygens (including phenoxy) is 3. The Morgan fingerprint density at radius 2 is 1.27 bits per heavy atom. The second-order valence-corrected chi connectivity index (χ2v) is 19.0. The van der Waals surface area contributed by atoms with Crippen LogP contribution in [0.4, 0.5) is 22.7 Å². The number of hydrogen-bond acceptors (Lipinski definition) is 15. The molecule has 1 aliphatic rings. The molecule has 0 atom stereocenters. The normalized spacial score (nSPS) is 12.6. The number of carbonyl (C=O) groups is 4. The van der Waals surface area contributed by atoms with Crippen molar-refractivity contribution in [2.45, 2.75) is 53.0 Å². The van der Waals surface area contributed by atoms with Crippen LogP contribution in [0.5, 0.6) is 0 Å². The number of amides is 4. The minimum atomic E-state index is -0.217. The molecule has 1 aliphatic heterocycles. The summed E-state index contributed by atoms with van der Waals surface area (Å²) < 4.78 is 16.8. The topological polar surface area (TPSA) is 209 Å². The van der Waals surface area contributed by atoms with Gasteiger partial charge in [0.1, 0.15) is 0 Å². The highest BCUT2D eigenvalue weighted by Gasteiger charge is 2.23. The molecule has 7 rings (SSSR count). The maximum Gasteiger partial charge on any atom is 0.251 e. The van der Waals surface area contributed by atoms with Crippen molar-refractivity contribution in [3.8, 4) is 11.4 Å². The SMILES string of the molecule is C=Cc1ccccc1CN(C(=O)CCC(=O)NCCOCCOCCOCCNC(=O)c1ccc(N=Nc2ccc(N(CC)CCN3CCN(C(=O)Cc4ccc(-c5nnc(C)nn5)cc4)CC3)cc2)cc1)c1ccccc1CC. The van der Waals surface area contributed by atoms with Gasteiger partial charge in [0.15, 0.2) is 5.82 Å². The average Bonchev–Trinajstić information content (AvgIpc) is 3.51. The maximum absolute atomic E-state index is 13.6. The average molecular weight is 1090 g/mol. The molecule has 1 saturated heterocycles. The maximum atomic E-state index is 13.6. The number of aryl methyl sites for hydroxylation is 2. The molecule has 5 aromatic carbocycles. The van der Waals surface area contributed by atoms with Crippen LogP contribution in [-0.4, -0.2) is 152 Å². The van der Waals surface area contributed by atoms with E-state index in [1.807, 2.05) is 89.8 Å². The molecule has 0 aliphatic carbocycles. The lowest BCUT2D eigenvalue weighted by Crippen LogP contribution is -2.50. The summed E-state index contributed by atoms with van der Waals surface area (Å²) in [6, 6.07) is 38.3. The molecule has 4 amide bonds. The first-order valence-electron chi connectivity index (χ1n) is 27.5. The standard InChI is InChI=1S/C61H74N12O7/c1-5-48-12-8-9-14-52(48)45-73(56-15-11-10-13-49(56)6-2)58(75)29-28-57(74)62-30-38-78-40-42-80-43-41-79-39-31-63-61(77)51-20-22-53(23-21-51)66-67-54-24-26-55(27-25-54)71(7-3)35-32-70-33-36-72(37-34-70)59(76)44-47-16-18-50(19-17-47)60-68-64-46(4)65-69-60/h5,8-27H,1,6-7,28-45H2,2-4H3,(H,62,74)(H,63,77). The number of aromatic nitrogens is 4. The Morgan fingerprint density at radius 1 is 0.675 bits per heavy atom. The fourth-order valence-electron chi connectivity index (χ4n) is 8.95. The van der Waals surface area contributed by atoms with E-state index < -0.39 is 0 Å². The summed E-state index contributed by atoms with van der Waals surface area (Å²) in [6.07, 6.45) is 3.05. The number of benzene rings is 5. The van der Waals surface area contributed by atoms with Crippen LogP contribution in [0.3, 0.4) is 0 Å². The number of rotatable bonds is 31. The van der Waals surface area contributed by atoms with E-state index in [9.17, 15) is 19.2 Å². The van der Waals surface area contributed by atoms with E-state index in [0.717, 1.165) is 84.0 Å². The van der Waals surface area contributed by atoms with Gasteiger partial charge in [-0.25, -0.2) is 0 Å². The van der Waals surface area contributed by atoms with Crippen molar-refractivity contribution >= 4 is 52.5 Å². The van der Waals surface area contributed by atoms with Crippen molar-refractivity contribution in [2.75, 3.05) is 108 Å². The Hall–Kier alpha value is -8.10. The number of likely N-dealkylation sites (N-methyl/N-ethyl adjacent to an activating group) is 1. The summed E-state index contributed by atoms with van der Waals surface area (Å²) in [4.78, 5) is 60.6. The first-order chi connectivity index (χ1) is 39.1. The molecule has 1 fully saturated rings. The Kier molecular flexibility index (Phi) is 23.9. The van der Waals surface area contributed by atoms with Gasteiger partial charge in [0.05, 0.1) is 64.0 Å². The Bertz CT molecular complexity index is 2930. The lowest BCUT2D eigenvalue weighted by molar-refractivity contribution is -0.132. The van der Waals surface area contributed by atoms with Crippen LogP contribution in [-0.2, 0) is 48.0 Å². The highest BCUT2D eigenvalue weighted by molar-refractivity contribution is 5.96. The van der Waals surface area contributed by atoms with Crippen LogP contribution in [0.2, 0.25) is 0 Å². The number of anilines is 2. The van der Waals surface area contributed by atoms with Crippen molar-refractivity contribution in [3.63, 3.8) is 0 Å². The molecule has 19 nitrogen and oxygen atoms in total. The highest BCUT2D eigenvalue weighted by atomic mass is 16.5. The fourth-order valence-corrected chi connectivity index (χ4v) is 8.95. The second kappa shape index (κ2) is 32.1. The lowest BCUT2D eigenvalue weighted by Gasteiger charge is -2.36. The Labute approximate surface area is 469 Å². The third-order valence-electron chi connectivity index (χ3n) is 13.5. The Balaban J connectivity index is 0.693. The van der Waals surface area contributed by atoms with E-state index in [-0.39, 0.29) is 36.5 Å². The highest BCUT2D eigenvalue weighted by Crippen LogP contribution is 2.27. The molecule has 2 N–H and O–H groups in total. The number of para-hydroxylation sites is 1. The first-order valence-corrected chi connectivity index (χ1v) is 27.5. The van der Waals surface area contributed by atoms with Crippen LogP contribution < -0.4 is 20.4 Å². The van der Waals surface area contributed by atoms with Gasteiger partial charge in [-0.2, -0.15) is 10.2 Å². The predicted octanol–water partition coefficient (Wildman–Crippen LogP) is 7.99. The third-order valence-corrected chi connectivity index (χ3v) is 13.5. The summed E-state index contributed by atoms with van der Waals surface area (Å²) >= 11 is 0. The smallest absolute Gasteiger partial charge is 0.251 e. The van der Waals surface area contributed by atoms with Crippen molar-refractivity contribution in [3.05, 3.63) is 162 Å². The van der Waals surface area contributed by atoms with E-state index >= 15 is 0 Å². The summed E-state index contributed by atoms with van der Waals surface area (Å²) in [5.41, 5.74) is 8.56. The third kappa shape index (κ3) is 18.8. The molecule has 19 heteroatoms. The van der Waals surface area contributed by atoms with E-state index in [1.165, 1.54) is 0 Å². The molecule has 0 unspecified atom stereocenters. The van der Waals surface area contributed by atoms with Crippen LogP contribution in [0.15, 0.2) is 138 Å². The fraction of sp³-hybridized carbons (Fsp3) is 0.377. The van der Waals surface area contributed by atoms with Crippen molar-refractivity contribution in [2.24, 2.45) is 10.2 Å². The van der Waals surface area contributed by atoms with Gasteiger partial charge in [-0.15, -0.1) is 20.4 Å². The van der Waals surface area contributed by atoms with E-state index in [4.69, 9.17) is 14.2 Å². The molecule has 420 valence electrons. The van der Waals surface area contributed by atoms with Crippen molar-refractivity contribution in [1.82, 2.24) is 40.8 Å². The zero-order valence-corrected chi connectivity index (χ0v) is 46.3. The quantitative estimate of drug-likeness (QED) is 0.0313. The van der Waals surface area contributed by atoms with Crippen molar-refractivity contribution < 1.29 is 33.4 Å². The van der Waals surface area contributed by atoms with Crippen LogP contribution >= 0.6 is 0 Å². The largest absolute Gasteiger partial charge is 0.377 e. The lowest BCUT2D eigenvalue weighted by atomic mass is 10.0. The number of carbonyl (C=O) groups excluding carboxylic acids is 4. The monoisotopic (exact) mass is 1090 g/mol. The molecular formula is C61H74N12O7. The summed E-state index contributed by atoms with van der Waals surface area (Å²) in [6.45, 7) is 18.7. The number of nitrogens with one attached hydrogen (secondary N) is 2. The zero-order valence-electron chi connectivity index (χ0n) is 46.3. The number of piperazine rings is 1. The molecule has 80 heavy (non-hydrogen) atoms. The number of hydrogen-bond donors (Lipinski definition) is 2. The van der Waals surface area contributed by atoms with Crippen LogP contribution in [0.25, 0.3) is 17.5 Å². The van der Waals surface area contributed by atoms with Gasteiger partial charge in [0, 0.05) is 94.2 Å². The summed E-state index contributed by atoms with van der Waals surface area (Å²) in [5, 5.41) is 30.6. The molecule has 6 aromatic rings. The molecule has 0 bridgehead atoms.